The van der Waals surface area contributed by atoms with E-state index in [1.165, 1.54) is 16.2 Å². The van der Waals surface area contributed by atoms with Gasteiger partial charge in [-0.25, -0.2) is 8.78 Å². The van der Waals surface area contributed by atoms with Crippen LogP contribution in [0.3, 0.4) is 0 Å². The Morgan fingerprint density at radius 2 is 1.77 bits per heavy atom. The van der Waals surface area contributed by atoms with Gasteiger partial charge in [0.2, 0.25) is 0 Å². The largest absolute Gasteiger partial charge is 0.387 e. The average Bonchev–Trinajstić information content (AvgIpc) is 3.15. The number of carbonyl (C=O) groups is 1. The van der Waals surface area contributed by atoms with Crippen LogP contribution in [0.25, 0.3) is 0 Å². The highest BCUT2D eigenvalue weighted by atomic mass is 32.1. The Bertz CT molecular complexity index is 849. The molecule has 3 nitrogen and oxygen atoms in total. The molecule has 0 aliphatic heterocycles. The molecule has 2 aromatic carbocycles. The van der Waals surface area contributed by atoms with Crippen molar-refractivity contribution in [3.05, 3.63) is 93.7 Å². The molecule has 26 heavy (non-hydrogen) atoms. The fourth-order valence-electron chi connectivity index (χ4n) is 2.66. The summed E-state index contributed by atoms with van der Waals surface area (Å²) in [6.07, 6.45) is -0.882. The SMILES string of the molecule is O=C(c1cc(F)cc(F)c1)N(Cc1ccccc1)C[C@H](O)c1ccsc1. The van der Waals surface area contributed by atoms with E-state index in [2.05, 4.69) is 0 Å². The Kier molecular flexibility index (Phi) is 5.75. The van der Waals surface area contributed by atoms with Crippen LogP contribution in [0, 0.1) is 11.6 Å². The quantitative estimate of drug-likeness (QED) is 0.696. The van der Waals surface area contributed by atoms with Crippen molar-refractivity contribution in [3.8, 4) is 0 Å². The maximum Gasteiger partial charge on any atom is 0.254 e. The van der Waals surface area contributed by atoms with Crippen molar-refractivity contribution < 1.29 is 18.7 Å². The third-order valence-electron chi connectivity index (χ3n) is 3.93. The zero-order valence-electron chi connectivity index (χ0n) is 13.8. The number of amides is 1. The molecular weight excluding hydrogens is 356 g/mol. The zero-order chi connectivity index (χ0) is 18.5. The van der Waals surface area contributed by atoms with E-state index in [4.69, 9.17) is 0 Å². The van der Waals surface area contributed by atoms with Crippen molar-refractivity contribution in [3.63, 3.8) is 0 Å². The van der Waals surface area contributed by atoms with Crippen molar-refractivity contribution >= 4 is 17.2 Å². The Hall–Kier alpha value is -2.57. The minimum Gasteiger partial charge on any atom is -0.387 e. The first-order valence-corrected chi connectivity index (χ1v) is 8.96. The first-order valence-electron chi connectivity index (χ1n) is 8.02. The molecule has 0 bridgehead atoms. The van der Waals surface area contributed by atoms with E-state index in [0.717, 1.165) is 23.8 Å². The monoisotopic (exact) mass is 373 g/mol. The lowest BCUT2D eigenvalue weighted by atomic mass is 10.1. The number of hydrogen-bond acceptors (Lipinski definition) is 3. The van der Waals surface area contributed by atoms with Gasteiger partial charge in [-0.1, -0.05) is 30.3 Å². The van der Waals surface area contributed by atoms with E-state index in [0.29, 0.717) is 5.56 Å². The van der Waals surface area contributed by atoms with Gasteiger partial charge in [0.05, 0.1) is 12.6 Å². The van der Waals surface area contributed by atoms with E-state index < -0.39 is 23.6 Å². The van der Waals surface area contributed by atoms with Crippen LogP contribution >= 0.6 is 11.3 Å². The highest BCUT2D eigenvalue weighted by molar-refractivity contribution is 7.07. The molecule has 6 heteroatoms. The summed E-state index contributed by atoms with van der Waals surface area (Å²) < 4.78 is 27.0. The summed E-state index contributed by atoms with van der Waals surface area (Å²) >= 11 is 1.45. The van der Waals surface area contributed by atoms with Crippen molar-refractivity contribution in [2.75, 3.05) is 6.54 Å². The molecule has 1 amide bonds. The molecule has 0 unspecified atom stereocenters. The van der Waals surface area contributed by atoms with E-state index in [1.54, 1.807) is 11.4 Å². The molecule has 0 saturated carbocycles. The normalized spacial score (nSPS) is 12.0. The second-order valence-electron chi connectivity index (χ2n) is 5.90. The lowest BCUT2D eigenvalue weighted by Gasteiger charge is -2.25. The van der Waals surface area contributed by atoms with E-state index in [1.807, 2.05) is 35.7 Å². The third kappa shape index (κ3) is 4.53. The van der Waals surface area contributed by atoms with Crippen LogP contribution in [-0.2, 0) is 6.54 Å². The number of halogens is 2. The average molecular weight is 373 g/mol. The molecule has 1 heterocycles. The van der Waals surface area contributed by atoms with Crippen LogP contribution in [0.1, 0.15) is 27.6 Å². The summed E-state index contributed by atoms with van der Waals surface area (Å²) in [4.78, 5) is 14.2. The standard InChI is InChI=1S/C20H17F2NO2S/c21-17-8-16(9-18(22)10-17)20(25)23(11-14-4-2-1-3-5-14)12-19(24)15-6-7-26-13-15/h1-10,13,19,24H,11-12H2/t19-/m0/s1. The van der Waals surface area contributed by atoms with E-state index in [-0.39, 0.29) is 18.7 Å². The molecule has 3 rings (SSSR count). The van der Waals surface area contributed by atoms with Crippen molar-refractivity contribution in [2.45, 2.75) is 12.6 Å². The third-order valence-corrected chi connectivity index (χ3v) is 4.64. The number of aliphatic hydroxyl groups excluding tert-OH is 1. The van der Waals surface area contributed by atoms with Gasteiger partial charge >= 0.3 is 0 Å². The maximum atomic E-state index is 13.5. The van der Waals surface area contributed by atoms with Crippen LogP contribution in [0.4, 0.5) is 8.78 Å². The molecule has 0 radical (unpaired) electrons. The number of rotatable bonds is 6. The van der Waals surface area contributed by atoms with Gasteiger partial charge in [-0.2, -0.15) is 11.3 Å². The van der Waals surface area contributed by atoms with Crippen LogP contribution in [0.2, 0.25) is 0 Å². The summed E-state index contributed by atoms with van der Waals surface area (Å²) in [5.41, 5.74) is 1.47. The van der Waals surface area contributed by atoms with Gasteiger partial charge in [-0.3, -0.25) is 4.79 Å². The number of carbonyl (C=O) groups excluding carboxylic acids is 1. The predicted molar refractivity (Wildman–Crippen MR) is 96.8 cm³/mol. The smallest absolute Gasteiger partial charge is 0.254 e. The molecule has 0 aliphatic carbocycles. The van der Waals surface area contributed by atoms with E-state index >= 15 is 0 Å². The Labute approximate surface area is 154 Å². The first-order chi connectivity index (χ1) is 12.5. The molecule has 1 N–H and O–H groups in total. The Morgan fingerprint density at radius 1 is 1.08 bits per heavy atom. The van der Waals surface area contributed by atoms with Crippen LogP contribution in [-0.4, -0.2) is 22.5 Å². The van der Waals surface area contributed by atoms with Gasteiger partial charge in [-0.05, 0) is 40.1 Å². The minimum atomic E-state index is -0.882. The molecule has 3 aromatic rings. The highest BCUT2D eigenvalue weighted by Crippen LogP contribution is 2.20. The van der Waals surface area contributed by atoms with Crippen molar-refractivity contribution in [2.24, 2.45) is 0 Å². The topological polar surface area (TPSA) is 40.5 Å². The molecule has 134 valence electrons. The predicted octanol–water partition coefficient (Wildman–Crippen LogP) is 4.40. The minimum absolute atomic E-state index is 0.0165. The summed E-state index contributed by atoms with van der Waals surface area (Å²) in [6.45, 7) is 0.238. The van der Waals surface area contributed by atoms with Gasteiger partial charge < -0.3 is 10.0 Å². The second kappa shape index (κ2) is 8.21. The van der Waals surface area contributed by atoms with E-state index in [9.17, 15) is 18.7 Å². The van der Waals surface area contributed by atoms with Crippen LogP contribution < -0.4 is 0 Å². The number of benzene rings is 2. The van der Waals surface area contributed by atoms with Gasteiger partial charge in [0.1, 0.15) is 11.6 Å². The van der Waals surface area contributed by atoms with Gasteiger partial charge in [-0.15, -0.1) is 0 Å². The number of aliphatic hydroxyl groups is 1. The van der Waals surface area contributed by atoms with Gasteiger partial charge in [0.15, 0.2) is 0 Å². The molecular formula is C20H17F2NO2S. The molecule has 0 fully saturated rings. The second-order valence-corrected chi connectivity index (χ2v) is 6.68. The number of hydrogen-bond donors (Lipinski definition) is 1. The fraction of sp³-hybridized carbons (Fsp3) is 0.150. The summed E-state index contributed by atoms with van der Waals surface area (Å²) in [7, 11) is 0. The first kappa shape index (κ1) is 18.2. The summed E-state index contributed by atoms with van der Waals surface area (Å²) in [5, 5.41) is 14.1. The number of nitrogens with zero attached hydrogens (tertiary/aromatic N) is 1. The Balaban J connectivity index is 1.87. The maximum absolute atomic E-state index is 13.5. The highest BCUT2D eigenvalue weighted by Gasteiger charge is 2.22. The molecule has 0 saturated heterocycles. The van der Waals surface area contributed by atoms with Crippen LogP contribution in [0.5, 0.6) is 0 Å². The summed E-state index contributed by atoms with van der Waals surface area (Å²) in [6, 6.07) is 13.7. The number of thiophene rings is 1. The Morgan fingerprint density at radius 3 is 2.38 bits per heavy atom. The summed E-state index contributed by atoms with van der Waals surface area (Å²) in [5.74, 6) is -2.17. The van der Waals surface area contributed by atoms with Crippen molar-refractivity contribution in [1.82, 2.24) is 4.90 Å². The zero-order valence-corrected chi connectivity index (χ0v) is 14.6. The van der Waals surface area contributed by atoms with Gasteiger partial charge in [0, 0.05) is 18.2 Å². The lowest BCUT2D eigenvalue weighted by molar-refractivity contribution is 0.0603. The lowest BCUT2D eigenvalue weighted by Crippen LogP contribution is -2.34. The fourth-order valence-corrected chi connectivity index (χ4v) is 3.37. The molecule has 1 aromatic heterocycles. The van der Waals surface area contributed by atoms with Crippen LogP contribution in [0.15, 0.2) is 65.4 Å². The molecule has 1 atom stereocenters. The molecule has 0 spiro atoms. The molecule has 0 aliphatic rings. The van der Waals surface area contributed by atoms with Gasteiger partial charge in [0.25, 0.3) is 5.91 Å². The van der Waals surface area contributed by atoms with Crippen molar-refractivity contribution in [1.29, 1.82) is 0 Å².